The Morgan fingerprint density at radius 2 is 2.12 bits per heavy atom. The largest absolute Gasteiger partial charge is 0.378 e. The fourth-order valence-corrected chi connectivity index (χ4v) is 1.61. The Kier molecular flexibility index (Phi) is 2.88. The standard InChI is InChI=1S/C10H7ClN4O2/c11-7-3-1-2-6(4-7)8-9(15(16)17)10(12)14-5-13-8/h1-5H,(H2,12,13,14). The number of nitrogens with zero attached hydrogens (tertiary/aromatic N) is 3. The number of nitrogens with two attached hydrogens (primary N) is 1. The van der Waals surface area contributed by atoms with Crippen LogP contribution in [0.15, 0.2) is 30.6 Å². The van der Waals surface area contributed by atoms with Gasteiger partial charge in [-0.2, -0.15) is 0 Å². The van der Waals surface area contributed by atoms with Crippen molar-refractivity contribution in [2.75, 3.05) is 5.73 Å². The summed E-state index contributed by atoms with van der Waals surface area (Å²) in [6, 6.07) is 6.60. The van der Waals surface area contributed by atoms with Crippen LogP contribution in [0.2, 0.25) is 5.02 Å². The summed E-state index contributed by atoms with van der Waals surface area (Å²) in [6.45, 7) is 0. The first-order valence-electron chi connectivity index (χ1n) is 4.60. The molecule has 6 nitrogen and oxygen atoms in total. The van der Waals surface area contributed by atoms with Gasteiger partial charge in [0.05, 0.1) is 4.92 Å². The topological polar surface area (TPSA) is 94.9 Å². The van der Waals surface area contributed by atoms with Crippen LogP contribution in [-0.2, 0) is 0 Å². The van der Waals surface area contributed by atoms with E-state index < -0.39 is 4.92 Å². The second kappa shape index (κ2) is 4.34. The van der Waals surface area contributed by atoms with Crippen LogP contribution in [0, 0.1) is 10.1 Å². The SMILES string of the molecule is Nc1ncnc(-c2cccc(Cl)c2)c1[N+](=O)[O-]. The lowest BCUT2D eigenvalue weighted by atomic mass is 10.1. The smallest absolute Gasteiger partial charge is 0.337 e. The van der Waals surface area contributed by atoms with Crippen LogP contribution in [0.3, 0.4) is 0 Å². The van der Waals surface area contributed by atoms with E-state index in [0.29, 0.717) is 10.6 Å². The maximum atomic E-state index is 10.9. The molecule has 86 valence electrons. The Hall–Kier alpha value is -2.21. The minimum absolute atomic E-state index is 0.157. The van der Waals surface area contributed by atoms with Gasteiger partial charge in [0.1, 0.15) is 6.33 Å². The first-order chi connectivity index (χ1) is 8.09. The molecule has 0 bridgehead atoms. The molecule has 1 aromatic carbocycles. The zero-order valence-corrected chi connectivity index (χ0v) is 9.26. The van der Waals surface area contributed by atoms with Gasteiger partial charge in [0.25, 0.3) is 0 Å². The van der Waals surface area contributed by atoms with Crippen molar-refractivity contribution in [1.29, 1.82) is 0 Å². The van der Waals surface area contributed by atoms with Gasteiger partial charge in [0.15, 0.2) is 5.69 Å². The van der Waals surface area contributed by atoms with E-state index in [9.17, 15) is 10.1 Å². The quantitative estimate of drug-likeness (QED) is 0.652. The molecular formula is C10H7ClN4O2. The summed E-state index contributed by atoms with van der Waals surface area (Å²) < 4.78 is 0. The normalized spacial score (nSPS) is 10.2. The van der Waals surface area contributed by atoms with E-state index in [1.54, 1.807) is 24.3 Å². The summed E-state index contributed by atoms with van der Waals surface area (Å²) in [7, 11) is 0. The number of hydrogen-bond acceptors (Lipinski definition) is 5. The molecule has 0 aliphatic carbocycles. The molecule has 0 aliphatic heterocycles. The molecule has 0 unspecified atom stereocenters. The number of aromatic nitrogens is 2. The van der Waals surface area contributed by atoms with Gasteiger partial charge in [-0.1, -0.05) is 23.7 Å². The van der Waals surface area contributed by atoms with Crippen molar-refractivity contribution in [2.24, 2.45) is 0 Å². The van der Waals surface area contributed by atoms with Crippen LogP contribution in [0.4, 0.5) is 11.5 Å². The highest BCUT2D eigenvalue weighted by Gasteiger charge is 2.21. The molecule has 0 fully saturated rings. The van der Waals surface area contributed by atoms with E-state index >= 15 is 0 Å². The molecule has 2 aromatic rings. The summed E-state index contributed by atoms with van der Waals surface area (Å²) in [5, 5.41) is 11.4. The van der Waals surface area contributed by atoms with Gasteiger partial charge in [0.2, 0.25) is 5.82 Å². The van der Waals surface area contributed by atoms with E-state index in [4.69, 9.17) is 17.3 Å². The monoisotopic (exact) mass is 250 g/mol. The third kappa shape index (κ3) is 2.16. The molecule has 7 heteroatoms. The van der Waals surface area contributed by atoms with Gasteiger partial charge >= 0.3 is 5.69 Å². The number of benzene rings is 1. The summed E-state index contributed by atoms with van der Waals surface area (Å²) in [4.78, 5) is 17.8. The Labute approximate surface area is 101 Å². The van der Waals surface area contributed by atoms with Crippen molar-refractivity contribution in [2.45, 2.75) is 0 Å². The Morgan fingerprint density at radius 1 is 1.35 bits per heavy atom. The number of nitro groups is 1. The number of hydrogen-bond donors (Lipinski definition) is 1. The maximum Gasteiger partial charge on any atom is 0.337 e. The summed E-state index contributed by atoms with van der Waals surface area (Å²) >= 11 is 5.82. The average molecular weight is 251 g/mol. The zero-order chi connectivity index (χ0) is 12.4. The van der Waals surface area contributed by atoms with Crippen molar-refractivity contribution in [1.82, 2.24) is 9.97 Å². The Morgan fingerprint density at radius 3 is 2.76 bits per heavy atom. The highest BCUT2D eigenvalue weighted by Crippen LogP contribution is 2.31. The molecule has 0 aliphatic rings. The van der Waals surface area contributed by atoms with Gasteiger partial charge in [-0.25, -0.2) is 9.97 Å². The van der Waals surface area contributed by atoms with E-state index in [-0.39, 0.29) is 17.2 Å². The van der Waals surface area contributed by atoms with Gasteiger partial charge in [-0.15, -0.1) is 0 Å². The third-order valence-corrected chi connectivity index (χ3v) is 2.37. The summed E-state index contributed by atoms with van der Waals surface area (Å²) in [5.74, 6) is -0.167. The number of rotatable bonds is 2. The third-order valence-electron chi connectivity index (χ3n) is 2.13. The lowest BCUT2D eigenvalue weighted by molar-refractivity contribution is -0.383. The van der Waals surface area contributed by atoms with Crippen molar-refractivity contribution < 1.29 is 4.92 Å². The molecular weight excluding hydrogens is 244 g/mol. The number of nitrogen functional groups attached to an aromatic ring is 1. The van der Waals surface area contributed by atoms with E-state index in [2.05, 4.69) is 9.97 Å². The lowest BCUT2D eigenvalue weighted by Crippen LogP contribution is -2.02. The minimum atomic E-state index is -0.606. The molecule has 0 saturated heterocycles. The van der Waals surface area contributed by atoms with Crippen LogP contribution in [-0.4, -0.2) is 14.9 Å². The first kappa shape index (κ1) is 11.3. The highest BCUT2D eigenvalue weighted by atomic mass is 35.5. The number of anilines is 1. The second-order valence-corrected chi connectivity index (χ2v) is 3.66. The molecule has 17 heavy (non-hydrogen) atoms. The molecule has 1 heterocycles. The maximum absolute atomic E-state index is 10.9. The fraction of sp³-hybridized carbons (Fsp3) is 0. The van der Waals surface area contributed by atoms with Crippen molar-refractivity contribution in [3.63, 3.8) is 0 Å². The van der Waals surface area contributed by atoms with Crippen LogP contribution in [0.25, 0.3) is 11.3 Å². The van der Waals surface area contributed by atoms with Gasteiger partial charge in [0, 0.05) is 10.6 Å². The van der Waals surface area contributed by atoms with Crippen LogP contribution in [0.5, 0.6) is 0 Å². The predicted molar refractivity (Wildman–Crippen MR) is 63.5 cm³/mol. The van der Waals surface area contributed by atoms with Gasteiger partial charge in [-0.3, -0.25) is 10.1 Å². The van der Waals surface area contributed by atoms with E-state index in [1.165, 1.54) is 6.33 Å². The summed E-state index contributed by atoms with van der Waals surface area (Å²) in [5.41, 5.74) is 5.85. The van der Waals surface area contributed by atoms with Crippen molar-refractivity contribution in [3.8, 4) is 11.3 Å². The average Bonchev–Trinajstić information content (AvgIpc) is 2.28. The highest BCUT2D eigenvalue weighted by molar-refractivity contribution is 6.30. The summed E-state index contributed by atoms with van der Waals surface area (Å²) in [6.07, 6.45) is 1.18. The van der Waals surface area contributed by atoms with Crippen LogP contribution < -0.4 is 5.73 Å². The number of halogens is 1. The fourth-order valence-electron chi connectivity index (χ4n) is 1.42. The molecule has 0 saturated carbocycles. The molecule has 0 amide bonds. The van der Waals surface area contributed by atoms with Gasteiger partial charge in [-0.05, 0) is 12.1 Å². The molecule has 1 aromatic heterocycles. The predicted octanol–water partition coefficient (Wildman–Crippen LogP) is 2.29. The lowest BCUT2D eigenvalue weighted by Gasteiger charge is -2.03. The van der Waals surface area contributed by atoms with Crippen molar-refractivity contribution in [3.05, 3.63) is 45.7 Å². The van der Waals surface area contributed by atoms with Crippen molar-refractivity contribution >= 4 is 23.1 Å². The van der Waals surface area contributed by atoms with Crippen LogP contribution in [0.1, 0.15) is 0 Å². The molecule has 0 radical (unpaired) electrons. The van der Waals surface area contributed by atoms with Crippen LogP contribution >= 0.6 is 11.6 Å². The van der Waals surface area contributed by atoms with E-state index in [1.807, 2.05) is 0 Å². The first-order valence-corrected chi connectivity index (χ1v) is 4.98. The van der Waals surface area contributed by atoms with Gasteiger partial charge < -0.3 is 5.73 Å². The van der Waals surface area contributed by atoms with E-state index in [0.717, 1.165) is 0 Å². The Balaban J connectivity index is 2.67. The Bertz CT molecular complexity index is 588. The second-order valence-electron chi connectivity index (χ2n) is 3.22. The molecule has 2 N–H and O–H groups in total. The molecule has 0 spiro atoms. The molecule has 2 rings (SSSR count). The molecule has 0 atom stereocenters. The zero-order valence-electron chi connectivity index (χ0n) is 8.50. The minimum Gasteiger partial charge on any atom is -0.378 e.